The lowest BCUT2D eigenvalue weighted by atomic mass is 10.1. The largest absolute Gasteiger partial charge is 0.480 e. The van der Waals surface area contributed by atoms with E-state index in [-0.39, 0.29) is 12.8 Å². The van der Waals surface area contributed by atoms with Crippen LogP contribution in [0.1, 0.15) is 26.2 Å². The number of hydrogen-bond donors (Lipinski definition) is 4. The summed E-state index contributed by atoms with van der Waals surface area (Å²) in [5, 5.41) is 8.73. The molecule has 0 saturated carbocycles. The van der Waals surface area contributed by atoms with E-state index in [1.165, 1.54) is 0 Å². The lowest BCUT2D eigenvalue weighted by molar-refractivity contribution is -0.140. The number of nitrogens with one attached hydrogen (secondary N) is 2. The Morgan fingerprint density at radius 2 is 2.14 bits per heavy atom. The number of nitrogens with two attached hydrogens (primary N) is 1. The Labute approximate surface area is 82.8 Å². The maximum absolute atomic E-state index is 10.7. The van der Waals surface area contributed by atoms with E-state index < -0.39 is 17.9 Å². The molecule has 14 heavy (non-hydrogen) atoms. The molecule has 0 aromatic heterocycles. The van der Waals surface area contributed by atoms with Gasteiger partial charge in [0.2, 0.25) is 5.91 Å². The number of rotatable bonds is 8. The predicted octanol–water partition coefficient (Wildman–Crippen LogP) is -0.791. The van der Waals surface area contributed by atoms with Crippen LogP contribution in [0.15, 0.2) is 0 Å². The molecular weight excluding hydrogens is 186 g/mol. The molecule has 0 aromatic carbocycles. The Morgan fingerprint density at radius 1 is 1.50 bits per heavy atom. The summed E-state index contributed by atoms with van der Waals surface area (Å²) >= 11 is 0. The van der Waals surface area contributed by atoms with Crippen LogP contribution < -0.4 is 16.6 Å². The predicted molar refractivity (Wildman–Crippen MR) is 51.3 cm³/mol. The summed E-state index contributed by atoms with van der Waals surface area (Å²) in [5.41, 5.74) is 10.3. The number of amides is 1. The van der Waals surface area contributed by atoms with Gasteiger partial charge in [-0.1, -0.05) is 6.92 Å². The van der Waals surface area contributed by atoms with Crippen molar-refractivity contribution >= 4 is 11.9 Å². The van der Waals surface area contributed by atoms with Gasteiger partial charge in [0.05, 0.1) is 0 Å². The van der Waals surface area contributed by atoms with Crippen molar-refractivity contribution in [2.75, 3.05) is 6.54 Å². The summed E-state index contributed by atoms with van der Waals surface area (Å²) in [6.07, 6.45) is 1.16. The summed E-state index contributed by atoms with van der Waals surface area (Å²) in [6, 6.07) is -0.769. The van der Waals surface area contributed by atoms with Gasteiger partial charge in [0.15, 0.2) is 0 Å². The second-order valence-corrected chi connectivity index (χ2v) is 2.97. The van der Waals surface area contributed by atoms with E-state index in [2.05, 4.69) is 10.9 Å². The van der Waals surface area contributed by atoms with E-state index in [4.69, 9.17) is 10.8 Å². The number of carbonyl (C=O) groups is 2. The van der Waals surface area contributed by atoms with Gasteiger partial charge in [0.1, 0.15) is 6.04 Å². The Kier molecular flexibility index (Phi) is 6.69. The Bertz CT molecular complexity index is 196. The van der Waals surface area contributed by atoms with Crippen molar-refractivity contribution in [3.8, 4) is 0 Å². The first-order valence-electron chi connectivity index (χ1n) is 4.57. The van der Waals surface area contributed by atoms with Crippen molar-refractivity contribution in [3.05, 3.63) is 0 Å². The number of hydrazine groups is 1. The van der Waals surface area contributed by atoms with E-state index >= 15 is 0 Å². The highest BCUT2D eigenvalue weighted by atomic mass is 16.4. The minimum Gasteiger partial charge on any atom is -0.480 e. The van der Waals surface area contributed by atoms with Gasteiger partial charge in [-0.15, -0.1) is 0 Å². The van der Waals surface area contributed by atoms with Gasteiger partial charge in [-0.05, 0) is 12.8 Å². The van der Waals surface area contributed by atoms with E-state index in [1.807, 2.05) is 6.92 Å². The molecule has 0 rings (SSSR count). The van der Waals surface area contributed by atoms with Crippen LogP contribution in [-0.2, 0) is 9.59 Å². The molecule has 0 radical (unpaired) electrons. The summed E-state index contributed by atoms with van der Waals surface area (Å²) in [7, 11) is 0. The number of primary amides is 1. The smallest absolute Gasteiger partial charge is 0.322 e. The quantitative estimate of drug-likeness (QED) is 0.305. The van der Waals surface area contributed by atoms with Gasteiger partial charge in [-0.3, -0.25) is 15.0 Å². The van der Waals surface area contributed by atoms with Gasteiger partial charge in [-0.25, -0.2) is 5.43 Å². The second kappa shape index (κ2) is 7.28. The fourth-order valence-electron chi connectivity index (χ4n) is 0.864. The molecule has 0 aliphatic carbocycles. The molecule has 1 atom stereocenters. The zero-order valence-electron chi connectivity index (χ0n) is 8.25. The van der Waals surface area contributed by atoms with Gasteiger partial charge < -0.3 is 10.8 Å². The average Bonchev–Trinajstić information content (AvgIpc) is 2.10. The zero-order chi connectivity index (χ0) is 11.0. The van der Waals surface area contributed by atoms with Gasteiger partial charge in [-0.2, -0.15) is 0 Å². The SMILES string of the molecule is CCCNNC(CCC(N)=O)C(=O)O. The molecule has 82 valence electrons. The minimum absolute atomic E-state index is 0.0672. The van der Waals surface area contributed by atoms with Crippen LogP contribution >= 0.6 is 0 Å². The topological polar surface area (TPSA) is 104 Å². The Balaban J connectivity index is 3.78. The molecule has 1 unspecified atom stereocenters. The van der Waals surface area contributed by atoms with Crippen molar-refractivity contribution in [1.29, 1.82) is 0 Å². The first-order valence-corrected chi connectivity index (χ1v) is 4.57. The maximum Gasteiger partial charge on any atom is 0.322 e. The van der Waals surface area contributed by atoms with Crippen LogP contribution in [0.4, 0.5) is 0 Å². The van der Waals surface area contributed by atoms with Crippen LogP contribution in [0.3, 0.4) is 0 Å². The van der Waals surface area contributed by atoms with Crippen molar-refractivity contribution in [2.45, 2.75) is 32.2 Å². The van der Waals surface area contributed by atoms with E-state index in [9.17, 15) is 9.59 Å². The lowest BCUT2D eigenvalue weighted by Gasteiger charge is -2.13. The molecule has 0 aromatic rings. The van der Waals surface area contributed by atoms with Gasteiger partial charge in [0.25, 0.3) is 0 Å². The second-order valence-electron chi connectivity index (χ2n) is 2.97. The number of hydrogen-bond acceptors (Lipinski definition) is 4. The van der Waals surface area contributed by atoms with Crippen molar-refractivity contribution in [2.24, 2.45) is 5.73 Å². The zero-order valence-corrected chi connectivity index (χ0v) is 8.25. The minimum atomic E-state index is -0.991. The van der Waals surface area contributed by atoms with Crippen LogP contribution in [0, 0.1) is 0 Å². The first kappa shape index (κ1) is 12.9. The standard InChI is InChI=1S/C8H17N3O3/c1-2-5-10-11-6(8(13)14)3-4-7(9)12/h6,10-11H,2-5H2,1H3,(H2,9,12)(H,13,14). The molecule has 6 heteroatoms. The summed E-state index contributed by atoms with van der Waals surface area (Å²) in [6.45, 7) is 2.65. The maximum atomic E-state index is 10.7. The van der Waals surface area contributed by atoms with Gasteiger partial charge >= 0.3 is 5.97 Å². The number of aliphatic carboxylic acids is 1. The molecule has 0 spiro atoms. The molecule has 0 aliphatic rings. The highest BCUT2D eigenvalue weighted by Gasteiger charge is 2.16. The number of carboxylic acid groups (broad SMARTS) is 1. The van der Waals surface area contributed by atoms with Crippen LogP contribution in [0.25, 0.3) is 0 Å². The third kappa shape index (κ3) is 6.38. The molecule has 1 amide bonds. The average molecular weight is 203 g/mol. The fourth-order valence-corrected chi connectivity index (χ4v) is 0.864. The highest BCUT2D eigenvalue weighted by molar-refractivity contribution is 5.77. The van der Waals surface area contributed by atoms with Crippen molar-refractivity contribution in [1.82, 2.24) is 10.9 Å². The van der Waals surface area contributed by atoms with E-state index in [0.29, 0.717) is 6.54 Å². The van der Waals surface area contributed by atoms with Crippen LogP contribution in [-0.4, -0.2) is 29.6 Å². The summed E-state index contributed by atoms with van der Waals surface area (Å²) in [4.78, 5) is 21.1. The highest BCUT2D eigenvalue weighted by Crippen LogP contribution is 1.95. The molecule has 5 N–H and O–H groups in total. The molecule has 6 nitrogen and oxygen atoms in total. The van der Waals surface area contributed by atoms with E-state index in [1.54, 1.807) is 0 Å². The Hall–Kier alpha value is -1.14. The number of carboxylic acids is 1. The summed E-state index contributed by atoms with van der Waals surface area (Å²) in [5.74, 6) is -1.48. The molecule has 0 saturated heterocycles. The van der Waals surface area contributed by atoms with Crippen LogP contribution in [0.5, 0.6) is 0 Å². The number of carbonyl (C=O) groups excluding carboxylic acids is 1. The van der Waals surface area contributed by atoms with Gasteiger partial charge in [0, 0.05) is 13.0 Å². The molecular formula is C8H17N3O3. The monoisotopic (exact) mass is 203 g/mol. The summed E-state index contributed by atoms with van der Waals surface area (Å²) < 4.78 is 0. The Morgan fingerprint density at radius 3 is 2.57 bits per heavy atom. The van der Waals surface area contributed by atoms with Crippen molar-refractivity contribution < 1.29 is 14.7 Å². The van der Waals surface area contributed by atoms with Crippen molar-refractivity contribution in [3.63, 3.8) is 0 Å². The third-order valence-corrected chi connectivity index (χ3v) is 1.63. The molecule has 0 aliphatic heterocycles. The van der Waals surface area contributed by atoms with E-state index in [0.717, 1.165) is 6.42 Å². The molecule has 0 fully saturated rings. The third-order valence-electron chi connectivity index (χ3n) is 1.63. The normalized spacial score (nSPS) is 12.4. The van der Waals surface area contributed by atoms with Crippen LogP contribution in [0.2, 0.25) is 0 Å². The first-order chi connectivity index (χ1) is 6.57. The lowest BCUT2D eigenvalue weighted by Crippen LogP contribution is -2.46. The fraction of sp³-hybridized carbons (Fsp3) is 0.750. The molecule has 0 heterocycles. The molecule has 0 bridgehead atoms.